The first kappa shape index (κ1) is 15.2. The number of hydrogen-bond acceptors (Lipinski definition) is 3. The molecule has 0 spiro atoms. The molecule has 116 valence electrons. The minimum Gasteiger partial charge on any atom is -0.376 e. The van der Waals surface area contributed by atoms with Gasteiger partial charge in [-0.3, -0.25) is 9.88 Å². The van der Waals surface area contributed by atoms with Crippen LogP contribution in [-0.4, -0.2) is 35.7 Å². The summed E-state index contributed by atoms with van der Waals surface area (Å²) < 4.78 is 5.92. The molecule has 1 aliphatic rings. The molecule has 2 heterocycles. The second-order valence-electron chi connectivity index (χ2n) is 5.93. The number of aryl methyl sites for hydroxylation is 1. The Kier molecular flexibility index (Phi) is 5.57. The van der Waals surface area contributed by atoms with E-state index < -0.39 is 0 Å². The molecule has 3 heteroatoms. The predicted molar refractivity (Wildman–Crippen MR) is 88.6 cm³/mol. The van der Waals surface area contributed by atoms with E-state index in [0.717, 1.165) is 44.8 Å². The van der Waals surface area contributed by atoms with Crippen molar-refractivity contribution in [3.05, 3.63) is 66.0 Å². The number of aromatic nitrogens is 1. The zero-order valence-corrected chi connectivity index (χ0v) is 13.0. The van der Waals surface area contributed by atoms with Crippen molar-refractivity contribution in [2.45, 2.75) is 31.9 Å². The van der Waals surface area contributed by atoms with E-state index in [4.69, 9.17) is 4.74 Å². The number of pyridine rings is 1. The maximum Gasteiger partial charge on any atom is 0.0702 e. The maximum atomic E-state index is 5.92. The van der Waals surface area contributed by atoms with E-state index in [-0.39, 0.29) is 0 Å². The van der Waals surface area contributed by atoms with Crippen LogP contribution in [0.5, 0.6) is 0 Å². The van der Waals surface area contributed by atoms with Crippen LogP contribution in [0.3, 0.4) is 0 Å². The van der Waals surface area contributed by atoms with E-state index >= 15 is 0 Å². The predicted octanol–water partition coefficient (Wildman–Crippen LogP) is 3.31. The standard InChI is InChI=1S/C19H24N2O/c1-2-7-17(8-3-1)9-6-11-19-16-21(13-14-22-19)15-18-10-4-5-12-20-18/h1-5,7-8,10,12,19H,6,9,11,13-16H2/t19-/m1/s1. The van der Waals surface area contributed by atoms with Crippen LogP contribution in [0.4, 0.5) is 0 Å². The van der Waals surface area contributed by atoms with Crippen LogP contribution in [0.2, 0.25) is 0 Å². The molecule has 1 aromatic carbocycles. The fraction of sp³-hybridized carbons (Fsp3) is 0.421. The molecular weight excluding hydrogens is 272 g/mol. The number of benzene rings is 1. The lowest BCUT2D eigenvalue weighted by atomic mass is 10.1. The van der Waals surface area contributed by atoms with Gasteiger partial charge in [0.05, 0.1) is 18.4 Å². The zero-order valence-electron chi connectivity index (χ0n) is 13.0. The molecule has 22 heavy (non-hydrogen) atoms. The largest absolute Gasteiger partial charge is 0.376 e. The third kappa shape index (κ3) is 4.65. The first-order valence-electron chi connectivity index (χ1n) is 8.18. The summed E-state index contributed by atoms with van der Waals surface area (Å²) in [4.78, 5) is 6.87. The van der Waals surface area contributed by atoms with E-state index in [2.05, 4.69) is 52.3 Å². The van der Waals surface area contributed by atoms with E-state index in [1.54, 1.807) is 0 Å². The van der Waals surface area contributed by atoms with Crippen LogP contribution in [0, 0.1) is 0 Å². The summed E-state index contributed by atoms with van der Waals surface area (Å²) in [6.07, 6.45) is 5.69. The fourth-order valence-corrected chi connectivity index (χ4v) is 3.00. The first-order valence-corrected chi connectivity index (χ1v) is 8.18. The molecule has 0 radical (unpaired) electrons. The molecule has 1 aromatic heterocycles. The van der Waals surface area contributed by atoms with Crippen LogP contribution in [-0.2, 0) is 17.7 Å². The van der Waals surface area contributed by atoms with Crippen LogP contribution in [0.25, 0.3) is 0 Å². The number of nitrogens with zero attached hydrogens (tertiary/aromatic N) is 2. The molecule has 0 amide bonds. The Balaban J connectivity index is 1.42. The molecule has 1 atom stereocenters. The van der Waals surface area contributed by atoms with Gasteiger partial charge in [0.1, 0.15) is 0 Å². The first-order chi connectivity index (χ1) is 10.9. The van der Waals surface area contributed by atoms with Gasteiger partial charge in [-0.05, 0) is 37.0 Å². The average Bonchev–Trinajstić information content (AvgIpc) is 2.57. The Morgan fingerprint density at radius 2 is 1.95 bits per heavy atom. The summed E-state index contributed by atoms with van der Waals surface area (Å²) in [5.41, 5.74) is 2.57. The third-order valence-electron chi connectivity index (χ3n) is 4.17. The highest BCUT2D eigenvalue weighted by Crippen LogP contribution is 2.14. The molecule has 3 rings (SSSR count). The van der Waals surface area contributed by atoms with Crippen LogP contribution in [0.1, 0.15) is 24.1 Å². The van der Waals surface area contributed by atoms with Crippen molar-refractivity contribution in [1.82, 2.24) is 9.88 Å². The van der Waals surface area contributed by atoms with Gasteiger partial charge in [-0.1, -0.05) is 36.4 Å². The molecule has 1 fully saturated rings. The molecule has 0 N–H and O–H groups in total. The molecule has 0 saturated carbocycles. The van der Waals surface area contributed by atoms with Crippen molar-refractivity contribution in [1.29, 1.82) is 0 Å². The van der Waals surface area contributed by atoms with Gasteiger partial charge >= 0.3 is 0 Å². The molecule has 2 aromatic rings. The molecular formula is C19H24N2O. The summed E-state index contributed by atoms with van der Waals surface area (Å²) in [6, 6.07) is 16.8. The summed E-state index contributed by atoms with van der Waals surface area (Å²) in [7, 11) is 0. The SMILES string of the molecule is c1ccc(CCC[C@@H]2CN(Cc3ccccn3)CCO2)cc1. The molecule has 0 bridgehead atoms. The van der Waals surface area contributed by atoms with Crippen molar-refractivity contribution in [2.75, 3.05) is 19.7 Å². The molecule has 1 aliphatic heterocycles. The van der Waals surface area contributed by atoms with Gasteiger partial charge in [0.25, 0.3) is 0 Å². The van der Waals surface area contributed by atoms with Gasteiger partial charge in [0.15, 0.2) is 0 Å². The molecule has 0 aliphatic carbocycles. The second-order valence-corrected chi connectivity index (χ2v) is 5.93. The van der Waals surface area contributed by atoms with Crippen LogP contribution in [0.15, 0.2) is 54.7 Å². The Morgan fingerprint density at radius 3 is 2.77 bits per heavy atom. The van der Waals surface area contributed by atoms with Gasteiger partial charge < -0.3 is 4.74 Å². The number of rotatable bonds is 6. The topological polar surface area (TPSA) is 25.4 Å². The lowest BCUT2D eigenvalue weighted by molar-refractivity contribution is -0.0358. The van der Waals surface area contributed by atoms with Gasteiger partial charge in [-0.2, -0.15) is 0 Å². The Hall–Kier alpha value is -1.71. The second kappa shape index (κ2) is 8.06. The monoisotopic (exact) mass is 296 g/mol. The van der Waals surface area contributed by atoms with Crippen molar-refractivity contribution < 1.29 is 4.74 Å². The number of ether oxygens (including phenoxy) is 1. The normalized spacial score (nSPS) is 19.2. The van der Waals surface area contributed by atoms with E-state index in [9.17, 15) is 0 Å². The highest BCUT2D eigenvalue weighted by molar-refractivity contribution is 5.14. The van der Waals surface area contributed by atoms with E-state index in [1.807, 2.05) is 12.3 Å². The quantitative estimate of drug-likeness (QED) is 0.818. The Morgan fingerprint density at radius 1 is 1.09 bits per heavy atom. The zero-order chi connectivity index (χ0) is 15.0. The van der Waals surface area contributed by atoms with Gasteiger partial charge in [0, 0.05) is 25.8 Å². The summed E-state index contributed by atoms with van der Waals surface area (Å²) >= 11 is 0. The number of morpholine rings is 1. The van der Waals surface area contributed by atoms with Crippen LogP contribution >= 0.6 is 0 Å². The Bertz CT molecular complexity index is 544. The van der Waals surface area contributed by atoms with E-state index in [1.165, 1.54) is 12.0 Å². The minimum absolute atomic E-state index is 0.362. The fourth-order valence-electron chi connectivity index (χ4n) is 3.00. The molecule has 3 nitrogen and oxygen atoms in total. The lowest BCUT2D eigenvalue weighted by Crippen LogP contribution is -2.42. The summed E-state index contributed by atoms with van der Waals surface area (Å²) in [5, 5.41) is 0. The Labute approximate surface area is 132 Å². The van der Waals surface area contributed by atoms with Gasteiger partial charge in [-0.25, -0.2) is 0 Å². The minimum atomic E-state index is 0.362. The summed E-state index contributed by atoms with van der Waals surface area (Å²) in [6.45, 7) is 3.79. The van der Waals surface area contributed by atoms with Gasteiger partial charge in [0.2, 0.25) is 0 Å². The molecule has 0 unspecified atom stereocenters. The number of hydrogen-bond donors (Lipinski definition) is 0. The highest BCUT2D eigenvalue weighted by Gasteiger charge is 2.20. The van der Waals surface area contributed by atoms with Crippen molar-refractivity contribution in [3.63, 3.8) is 0 Å². The van der Waals surface area contributed by atoms with Crippen molar-refractivity contribution in [2.24, 2.45) is 0 Å². The maximum absolute atomic E-state index is 5.92. The smallest absolute Gasteiger partial charge is 0.0702 e. The average molecular weight is 296 g/mol. The van der Waals surface area contributed by atoms with Crippen molar-refractivity contribution >= 4 is 0 Å². The highest BCUT2D eigenvalue weighted by atomic mass is 16.5. The third-order valence-corrected chi connectivity index (χ3v) is 4.17. The summed E-state index contributed by atoms with van der Waals surface area (Å²) in [5.74, 6) is 0. The lowest BCUT2D eigenvalue weighted by Gasteiger charge is -2.32. The van der Waals surface area contributed by atoms with Crippen molar-refractivity contribution in [3.8, 4) is 0 Å². The van der Waals surface area contributed by atoms with Crippen LogP contribution < -0.4 is 0 Å². The van der Waals surface area contributed by atoms with Gasteiger partial charge in [-0.15, -0.1) is 0 Å². The van der Waals surface area contributed by atoms with E-state index in [0.29, 0.717) is 6.10 Å². The molecule has 1 saturated heterocycles.